The summed E-state index contributed by atoms with van der Waals surface area (Å²) >= 11 is 0. The van der Waals surface area contributed by atoms with Gasteiger partial charge in [-0.15, -0.1) is 10.1 Å². The summed E-state index contributed by atoms with van der Waals surface area (Å²) in [6.45, 7) is 1.19. The van der Waals surface area contributed by atoms with Crippen molar-refractivity contribution in [2.75, 3.05) is 27.5 Å². The lowest BCUT2D eigenvalue weighted by Gasteiger charge is -2.44. The summed E-state index contributed by atoms with van der Waals surface area (Å²) in [7, 11) is 3.79. The number of likely N-dealkylation sites (tertiary alicyclic amines) is 1. The molecule has 1 fully saturated rings. The smallest absolute Gasteiger partial charge is 0.338 e. The van der Waals surface area contributed by atoms with Crippen molar-refractivity contribution in [3.05, 3.63) is 45.0 Å². The zero-order chi connectivity index (χ0) is 20.0. The summed E-state index contributed by atoms with van der Waals surface area (Å²) in [5.41, 5.74) is 2.93. The van der Waals surface area contributed by atoms with Crippen LogP contribution in [0.3, 0.4) is 0 Å². The third-order valence-electron chi connectivity index (χ3n) is 5.64. The van der Waals surface area contributed by atoms with Crippen LogP contribution in [0.15, 0.2) is 23.8 Å². The molecule has 3 aliphatic heterocycles. The molecule has 1 aliphatic carbocycles. The number of likely N-dealkylation sites (N-methyl/N-ethyl adjacent to an activating group) is 1. The summed E-state index contributed by atoms with van der Waals surface area (Å²) in [6.07, 6.45) is 2.64. The number of carbonyl (C=O) groups excluding carboxylic acids is 1. The molecule has 1 N–H and O–H groups in total. The lowest BCUT2D eigenvalue weighted by atomic mass is 9.73. The van der Waals surface area contributed by atoms with Crippen LogP contribution in [0.1, 0.15) is 28.3 Å². The molecule has 1 aromatic rings. The van der Waals surface area contributed by atoms with Gasteiger partial charge in [0, 0.05) is 25.6 Å². The molecule has 28 heavy (non-hydrogen) atoms. The number of rotatable bonds is 1. The van der Waals surface area contributed by atoms with E-state index in [9.17, 15) is 4.79 Å². The molecule has 4 aliphatic rings. The number of nitrogens with zero attached hydrogens (tertiary/aromatic N) is 2. The maximum absolute atomic E-state index is 12.6. The van der Waals surface area contributed by atoms with Crippen LogP contribution in [-0.4, -0.2) is 66.9 Å². The Labute approximate surface area is 160 Å². The van der Waals surface area contributed by atoms with Gasteiger partial charge in [0.15, 0.2) is 11.5 Å². The molecule has 0 spiro atoms. The second-order valence-electron chi connectivity index (χ2n) is 7.04. The fraction of sp³-hybridized carbons (Fsp3) is 0.500. The van der Waals surface area contributed by atoms with E-state index in [1.54, 1.807) is 13.2 Å². The number of fused-ring (bicyclic) bond motifs is 6. The van der Waals surface area contributed by atoms with Gasteiger partial charge in [0.25, 0.3) is 5.09 Å². The summed E-state index contributed by atoms with van der Waals surface area (Å²) in [5, 5.41) is 13.6. The van der Waals surface area contributed by atoms with Crippen molar-refractivity contribution in [3.8, 4) is 11.5 Å². The van der Waals surface area contributed by atoms with Crippen LogP contribution < -0.4 is 9.47 Å². The van der Waals surface area contributed by atoms with E-state index < -0.39 is 5.09 Å². The van der Waals surface area contributed by atoms with Crippen LogP contribution >= 0.6 is 0 Å². The molecule has 5 rings (SSSR count). The Balaban J connectivity index is 0.000000442. The van der Waals surface area contributed by atoms with E-state index >= 15 is 0 Å². The third kappa shape index (κ3) is 2.94. The van der Waals surface area contributed by atoms with Crippen LogP contribution in [-0.2, 0) is 9.47 Å². The maximum Gasteiger partial charge on any atom is 0.338 e. The number of benzene rings is 1. The van der Waals surface area contributed by atoms with Crippen LogP contribution in [0.25, 0.3) is 0 Å². The highest BCUT2D eigenvalue weighted by Crippen LogP contribution is 2.49. The van der Waals surface area contributed by atoms with E-state index in [2.05, 4.69) is 18.0 Å². The topological polar surface area (TPSA) is 121 Å². The first kappa shape index (κ1) is 18.5. The lowest BCUT2D eigenvalue weighted by Crippen LogP contribution is -2.51. The monoisotopic (exact) mass is 392 g/mol. The lowest BCUT2D eigenvalue weighted by molar-refractivity contribution is -0.742. The van der Waals surface area contributed by atoms with Crippen molar-refractivity contribution in [2.24, 2.45) is 0 Å². The van der Waals surface area contributed by atoms with Crippen molar-refractivity contribution in [1.82, 2.24) is 4.90 Å². The van der Waals surface area contributed by atoms with Crippen molar-refractivity contribution in [2.45, 2.75) is 30.6 Å². The zero-order valence-corrected chi connectivity index (χ0v) is 15.4. The van der Waals surface area contributed by atoms with Gasteiger partial charge in [-0.05, 0) is 31.2 Å². The standard InChI is InChI=1S/C18H19NO5.HNO3/c1-19-4-3-9-5-14(21-2)17-15(16(9)19)10-6-12-13(23-8-22-12)7-11(10)18(20)24-17;2-1(3)4/h5-7,14-17H,3-4,8H2,1-2H3;(H,2,3,4)/t14-,15-,16+,17+;/m0./s1. The van der Waals surface area contributed by atoms with Crippen LogP contribution in [0.5, 0.6) is 11.5 Å². The van der Waals surface area contributed by atoms with Crippen molar-refractivity contribution in [1.29, 1.82) is 0 Å². The van der Waals surface area contributed by atoms with E-state index in [1.165, 1.54) is 5.57 Å². The van der Waals surface area contributed by atoms with E-state index in [1.807, 2.05) is 6.07 Å². The van der Waals surface area contributed by atoms with Gasteiger partial charge in [0.1, 0.15) is 12.2 Å². The van der Waals surface area contributed by atoms with Crippen molar-refractivity contribution >= 4 is 5.97 Å². The summed E-state index contributed by atoms with van der Waals surface area (Å²) in [5.74, 6) is 1.04. The minimum absolute atomic E-state index is 0.0460. The second-order valence-corrected chi connectivity index (χ2v) is 7.04. The molecule has 4 atom stereocenters. The third-order valence-corrected chi connectivity index (χ3v) is 5.64. The quantitative estimate of drug-likeness (QED) is 0.327. The van der Waals surface area contributed by atoms with Crippen molar-refractivity contribution < 1.29 is 34.0 Å². The molecular formula is C18H20N2O8. The Bertz CT molecular complexity index is 850. The molecule has 0 aromatic heterocycles. The number of hydrogen-bond donors (Lipinski definition) is 1. The Morgan fingerprint density at radius 2 is 2.00 bits per heavy atom. The van der Waals surface area contributed by atoms with Crippen LogP contribution in [0.4, 0.5) is 0 Å². The predicted molar refractivity (Wildman–Crippen MR) is 93.2 cm³/mol. The van der Waals surface area contributed by atoms with E-state index in [0.29, 0.717) is 17.1 Å². The first-order valence-electron chi connectivity index (χ1n) is 8.82. The molecule has 0 amide bonds. The minimum atomic E-state index is -1.50. The number of methoxy groups -OCH3 is 1. The van der Waals surface area contributed by atoms with Gasteiger partial charge >= 0.3 is 5.97 Å². The molecule has 0 unspecified atom stereocenters. The summed E-state index contributed by atoms with van der Waals surface area (Å²) < 4.78 is 22.4. The van der Waals surface area contributed by atoms with Gasteiger partial charge in [-0.3, -0.25) is 4.90 Å². The molecule has 1 aromatic carbocycles. The van der Waals surface area contributed by atoms with Gasteiger partial charge in [-0.25, -0.2) is 4.79 Å². The molecule has 0 bridgehead atoms. The first-order valence-corrected chi connectivity index (χ1v) is 8.82. The Morgan fingerprint density at radius 1 is 1.32 bits per heavy atom. The van der Waals surface area contributed by atoms with E-state index in [-0.39, 0.29) is 36.9 Å². The number of ether oxygens (including phenoxy) is 4. The van der Waals surface area contributed by atoms with Crippen LogP contribution in [0, 0.1) is 10.1 Å². The SMILES string of the molecule is CO[C@H]1C=C2CCN(C)[C@H]2[C@@H]2c3cc4c(cc3C(=O)O[C@@H]21)OCO4.O=[N+]([O-])O. The Kier molecular flexibility index (Phi) is 4.60. The first-order chi connectivity index (χ1) is 13.4. The number of carbonyl (C=O) groups is 1. The van der Waals surface area contributed by atoms with E-state index in [4.69, 9.17) is 34.3 Å². The molecule has 150 valence electrons. The normalized spacial score (nSPS) is 29.5. The highest BCUT2D eigenvalue weighted by molar-refractivity contribution is 5.94. The number of esters is 1. The Morgan fingerprint density at radius 3 is 2.68 bits per heavy atom. The average molecular weight is 392 g/mol. The fourth-order valence-corrected chi connectivity index (χ4v) is 4.54. The highest BCUT2D eigenvalue weighted by atomic mass is 16.9. The summed E-state index contributed by atoms with van der Waals surface area (Å²) in [6, 6.07) is 3.94. The zero-order valence-electron chi connectivity index (χ0n) is 15.4. The fourth-order valence-electron chi connectivity index (χ4n) is 4.54. The van der Waals surface area contributed by atoms with Gasteiger partial charge < -0.3 is 24.2 Å². The van der Waals surface area contributed by atoms with Crippen LogP contribution in [0.2, 0.25) is 0 Å². The maximum atomic E-state index is 12.6. The Hall–Kier alpha value is -2.85. The molecule has 10 nitrogen and oxygen atoms in total. The largest absolute Gasteiger partial charge is 0.455 e. The van der Waals surface area contributed by atoms with Crippen molar-refractivity contribution in [3.63, 3.8) is 0 Å². The molecule has 0 radical (unpaired) electrons. The van der Waals surface area contributed by atoms with Gasteiger partial charge in [-0.1, -0.05) is 11.6 Å². The second kappa shape index (κ2) is 6.95. The molecule has 0 saturated carbocycles. The molecule has 1 saturated heterocycles. The molecular weight excluding hydrogens is 372 g/mol. The predicted octanol–water partition coefficient (Wildman–Crippen LogP) is 1.35. The van der Waals surface area contributed by atoms with E-state index in [0.717, 1.165) is 18.5 Å². The summed E-state index contributed by atoms with van der Waals surface area (Å²) in [4.78, 5) is 23.3. The number of hydrogen-bond acceptors (Lipinski definition) is 8. The van der Waals surface area contributed by atoms with Gasteiger partial charge in [0.2, 0.25) is 6.79 Å². The average Bonchev–Trinajstić information content (AvgIpc) is 3.25. The van der Waals surface area contributed by atoms with Gasteiger partial charge in [0.05, 0.1) is 5.56 Å². The van der Waals surface area contributed by atoms with Gasteiger partial charge in [-0.2, -0.15) is 0 Å². The highest BCUT2D eigenvalue weighted by Gasteiger charge is 2.51. The molecule has 10 heteroatoms. The molecule has 3 heterocycles. The minimum Gasteiger partial charge on any atom is -0.455 e.